The van der Waals surface area contributed by atoms with Crippen LogP contribution in [0.3, 0.4) is 0 Å². The largest absolute Gasteiger partial charge is 0.372 e. The van der Waals surface area contributed by atoms with Gasteiger partial charge in [0, 0.05) is 29.5 Å². The molecule has 0 radical (unpaired) electrons. The van der Waals surface area contributed by atoms with Crippen LogP contribution < -0.4 is 14.9 Å². The number of hydrogen-bond acceptors (Lipinski definition) is 4. The van der Waals surface area contributed by atoms with Gasteiger partial charge in [0.15, 0.2) is 0 Å². The second-order valence-electron chi connectivity index (χ2n) is 6.07. The van der Waals surface area contributed by atoms with Crippen LogP contribution in [0.5, 0.6) is 0 Å². The van der Waals surface area contributed by atoms with Crippen molar-refractivity contribution in [3.8, 4) is 0 Å². The van der Waals surface area contributed by atoms with Gasteiger partial charge in [-0.2, -0.15) is 0 Å². The van der Waals surface area contributed by atoms with E-state index in [1.807, 2.05) is 24.3 Å². The van der Waals surface area contributed by atoms with Crippen LogP contribution in [-0.2, 0) is 14.8 Å². The lowest BCUT2D eigenvalue weighted by Crippen LogP contribution is -2.32. The number of halogens is 1. The predicted octanol–water partition coefficient (Wildman–Crippen LogP) is 2.86. The highest BCUT2D eigenvalue weighted by Gasteiger charge is 2.16. The summed E-state index contributed by atoms with van der Waals surface area (Å²) in [5, 5.41) is 3.00. The van der Waals surface area contributed by atoms with Crippen molar-refractivity contribution in [1.29, 1.82) is 0 Å². The molecule has 0 aliphatic carbocycles. The molecule has 2 N–H and O–H groups in total. The minimum atomic E-state index is -3.79. The molecule has 8 heteroatoms. The Balaban J connectivity index is 1.55. The number of amides is 1. The van der Waals surface area contributed by atoms with Crippen molar-refractivity contribution >= 4 is 38.9 Å². The van der Waals surface area contributed by atoms with Crippen molar-refractivity contribution < 1.29 is 13.2 Å². The zero-order valence-electron chi connectivity index (χ0n) is 14.1. The lowest BCUT2D eigenvalue weighted by Gasteiger charge is -2.17. The number of hydrogen-bond donors (Lipinski definition) is 2. The second-order valence-corrected chi connectivity index (χ2v) is 8.27. The Hall–Kier alpha value is -2.09. The van der Waals surface area contributed by atoms with E-state index >= 15 is 0 Å². The third kappa shape index (κ3) is 4.75. The van der Waals surface area contributed by atoms with E-state index in [1.165, 1.54) is 25.0 Å². The molecular formula is C18H20ClN3O3S. The molecule has 0 atom stereocenters. The van der Waals surface area contributed by atoms with Crippen LogP contribution in [0.25, 0.3) is 0 Å². The number of benzene rings is 2. The minimum absolute atomic E-state index is 0.0211. The van der Waals surface area contributed by atoms with Gasteiger partial charge in [-0.25, -0.2) is 13.1 Å². The molecular weight excluding hydrogens is 374 g/mol. The summed E-state index contributed by atoms with van der Waals surface area (Å²) in [6.07, 6.45) is 2.40. The first-order valence-electron chi connectivity index (χ1n) is 8.34. The summed E-state index contributed by atoms with van der Waals surface area (Å²) in [5.41, 5.74) is 1.75. The van der Waals surface area contributed by atoms with Crippen LogP contribution in [-0.4, -0.2) is 34.0 Å². The van der Waals surface area contributed by atoms with Crippen molar-refractivity contribution in [3.05, 3.63) is 53.6 Å². The fourth-order valence-electron chi connectivity index (χ4n) is 2.81. The molecule has 1 aliphatic rings. The van der Waals surface area contributed by atoms with Crippen LogP contribution in [0.1, 0.15) is 12.8 Å². The monoisotopic (exact) mass is 393 g/mol. The highest BCUT2D eigenvalue weighted by molar-refractivity contribution is 7.89. The number of sulfonamides is 1. The van der Waals surface area contributed by atoms with Crippen molar-refractivity contribution in [2.75, 3.05) is 29.9 Å². The van der Waals surface area contributed by atoms with Crippen LogP contribution in [0.4, 0.5) is 11.4 Å². The average molecular weight is 394 g/mol. The Bertz CT molecular complexity index is 879. The summed E-state index contributed by atoms with van der Waals surface area (Å²) >= 11 is 5.81. The Morgan fingerprint density at radius 2 is 1.77 bits per heavy atom. The second kappa shape index (κ2) is 8.07. The lowest BCUT2D eigenvalue weighted by atomic mass is 10.2. The molecule has 0 aromatic heterocycles. The van der Waals surface area contributed by atoms with E-state index in [9.17, 15) is 13.2 Å². The third-order valence-corrected chi connectivity index (χ3v) is 5.79. The highest BCUT2D eigenvalue weighted by Crippen LogP contribution is 2.22. The predicted molar refractivity (Wildman–Crippen MR) is 103 cm³/mol. The first-order valence-corrected chi connectivity index (χ1v) is 10.2. The summed E-state index contributed by atoms with van der Waals surface area (Å²) in [5.74, 6) is -0.440. The highest BCUT2D eigenvalue weighted by atomic mass is 35.5. The summed E-state index contributed by atoms with van der Waals surface area (Å²) in [4.78, 5) is 14.3. The first kappa shape index (κ1) is 18.7. The number of nitrogens with zero attached hydrogens (tertiary/aromatic N) is 1. The van der Waals surface area contributed by atoms with Gasteiger partial charge in [0.2, 0.25) is 15.9 Å². The van der Waals surface area contributed by atoms with Gasteiger partial charge in [-0.1, -0.05) is 17.7 Å². The number of nitrogens with one attached hydrogen (secondary N) is 2. The molecule has 0 bridgehead atoms. The quantitative estimate of drug-likeness (QED) is 0.791. The Labute approximate surface area is 158 Å². The maximum absolute atomic E-state index is 12.2. The Morgan fingerprint density at radius 1 is 1.08 bits per heavy atom. The smallest absolute Gasteiger partial charge is 0.241 e. The molecule has 3 rings (SSSR count). The van der Waals surface area contributed by atoms with Crippen LogP contribution >= 0.6 is 11.6 Å². The van der Waals surface area contributed by atoms with E-state index in [1.54, 1.807) is 12.1 Å². The molecule has 1 aliphatic heterocycles. The normalized spacial score (nSPS) is 14.4. The maximum atomic E-state index is 12.2. The first-order chi connectivity index (χ1) is 12.4. The SMILES string of the molecule is O=C(CNS(=O)(=O)c1cccc(Cl)c1)Nc1ccc(N2CCCC2)cc1. The molecule has 1 fully saturated rings. The van der Waals surface area contributed by atoms with Crippen LogP contribution in [0.15, 0.2) is 53.4 Å². The number of carbonyl (C=O) groups excluding carboxylic acids is 1. The molecule has 0 saturated carbocycles. The van der Waals surface area contributed by atoms with Gasteiger partial charge in [-0.15, -0.1) is 0 Å². The van der Waals surface area contributed by atoms with E-state index in [4.69, 9.17) is 11.6 Å². The molecule has 138 valence electrons. The average Bonchev–Trinajstić information content (AvgIpc) is 3.15. The van der Waals surface area contributed by atoms with Crippen molar-refractivity contribution in [3.63, 3.8) is 0 Å². The fourth-order valence-corrected chi connectivity index (χ4v) is 4.10. The molecule has 1 heterocycles. The third-order valence-electron chi connectivity index (χ3n) is 4.15. The van der Waals surface area contributed by atoms with Crippen molar-refractivity contribution in [1.82, 2.24) is 4.72 Å². The Morgan fingerprint density at radius 3 is 2.42 bits per heavy atom. The van der Waals surface area contributed by atoms with Crippen LogP contribution in [0.2, 0.25) is 5.02 Å². The van der Waals surface area contributed by atoms with Gasteiger partial charge >= 0.3 is 0 Å². The summed E-state index contributed by atoms with van der Waals surface area (Å²) < 4.78 is 26.6. The molecule has 6 nitrogen and oxygen atoms in total. The van der Waals surface area contributed by atoms with Crippen molar-refractivity contribution in [2.45, 2.75) is 17.7 Å². The molecule has 0 unspecified atom stereocenters. The lowest BCUT2D eigenvalue weighted by molar-refractivity contribution is -0.115. The molecule has 2 aromatic rings. The molecule has 1 amide bonds. The molecule has 1 saturated heterocycles. The zero-order valence-corrected chi connectivity index (χ0v) is 15.7. The van der Waals surface area contributed by atoms with Gasteiger partial charge in [0.25, 0.3) is 0 Å². The Kier molecular flexibility index (Phi) is 5.80. The van der Waals surface area contributed by atoms with E-state index in [2.05, 4.69) is 14.9 Å². The summed E-state index contributed by atoms with van der Waals surface area (Å²) in [6, 6.07) is 13.4. The van der Waals surface area contributed by atoms with Gasteiger partial charge < -0.3 is 10.2 Å². The minimum Gasteiger partial charge on any atom is -0.372 e. The molecule has 26 heavy (non-hydrogen) atoms. The van der Waals surface area contributed by atoms with E-state index in [-0.39, 0.29) is 11.4 Å². The van der Waals surface area contributed by atoms with E-state index in [0.717, 1.165) is 18.8 Å². The molecule has 0 spiro atoms. The molecule has 2 aromatic carbocycles. The van der Waals surface area contributed by atoms with Gasteiger partial charge in [0.1, 0.15) is 0 Å². The van der Waals surface area contributed by atoms with Crippen molar-refractivity contribution in [2.24, 2.45) is 0 Å². The topological polar surface area (TPSA) is 78.5 Å². The number of anilines is 2. The van der Waals surface area contributed by atoms with E-state index < -0.39 is 15.9 Å². The summed E-state index contributed by atoms with van der Waals surface area (Å²) in [6.45, 7) is 1.75. The van der Waals surface area contributed by atoms with Gasteiger partial charge in [-0.3, -0.25) is 4.79 Å². The number of rotatable bonds is 6. The van der Waals surface area contributed by atoms with Gasteiger partial charge in [-0.05, 0) is 55.3 Å². The van der Waals surface area contributed by atoms with E-state index in [0.29, 0.717) is 10.7 Å². The van der Waals surface area contributed by atoms with Gasteiger partial charge in [0.05, 0.1) is 11.4 Å². The summed E-state index contributed by atoms with van der Waals surface area (Å²) in [7, 11) is -3.79. The zero-order chi connectivity index (χ0) is 18.6. The van der Waals surface area contributed by atoms with Crippen LogP contribution in [0, 0.1) is 0 Å². The number of carbonyl (C=O) groups is 1. The fraction of sp³-hybridized carbons (Fsp3) is 0.278. The maximum Gasteiger partial charge on any atom is 0.241 e. The standard InChI is InChI=1S/C18H20ClN3O3S/c19-14-4-3-5-17(12-14)26(24,25)20-13-18(23)21-15-6-8-16(9-7-15)22-10-1-2-11-22/h3-9,12,20H,1-2,10-11,13H2,(H,21,23).